The predicted octanol–water partition coefficient (Wildman–Crippen LogP) is 1.75. The van der Waals surface area contributed by atoms with Gasteiger partial charge in [0.2, 0.25) is 0 Å². The van der Waals surface area contributed by atoms with E-state index in [0.29, 0.717) is 0 Å². The third kappa shape index (κ3) is 4.24. The van der Waals surface area contributed by atoms with E-state index >= 15 is 0 Å². The van der Waals surface area contributed by atoms with Gasteiger partial charge in [0.15, 0.2) is 0 Å². The van der Waals surface area contributed by atoms with Crippen LogP contribution in [0.2, 0.25) is 0 Å². The zero-order valence-corrected chi connectivity index (χ0v) is 10.9. The van der Waals surface area contributed by atoms with Crippen molar-refractivity contribution in [2.75, 3.05) is 39.6 Å². The number of anilines is 1. The third-order valence-corrected chi connectivity index (χ3v) is 2.76. The van der Waals surface area contributed by atoms with E-state index in [0.717, 1.165) is 43.2 Å². The first-order valence-electron chi connectivity index (χ1n) is 5.85. The Kier molecular flexibility index (Phi) is 5.80. The summed E-state index contributed by atoms with van der Waals surface area (Å²) in [4.78, 5) is 2.29. The lowest BCUT2D eigenvalue weighted by molar-refractivity contribution is 0.147. The van der Waals surface area contributed by atoms with Crippen LogP contribution in [0.1, 0.15) is 12.5 Å². The Morgan fingerprint density at radius 2 is 2.06 bits per heavy atom. The Labute approximate surface area is 103 Å². The number of rotatable bonds is 7. The summed E-state index contributed by atoms with van der Waals surface area (Å²) in [5.41, 5.74) is 7.68. The van der Waals surface area contributed by atoms with Crippen molar-refractivity contribution in [1.29, 1.82) is 0 Å². The van der Waals surface area contributed by atoms with Crippen LogP contribution in [0.4, 0.5) is 5.69 Å². The van der Waals surface area contributed by atoms with E-state index in [4.69, 9.17) is 15.2 Å². The highest BCUT2D eigenvalue weighted by Crippen LogP contribution is 2.22. The van der Waals surface area contributed by atoms with Crippen LogP contribution in [0, 0.1) is 0 Å². The molecule has 0 fully saturated rings. The summed E-state index contributed by atoms with van der Waals surface area (Å²) < 4.78 is 10.4. The van der Waals surface area contributed by atoms with E-state index in [1.54, 1.807) is 14.2 Å². The van der Waals surface area contributed by atoms with Crippen molar-refractivity contribution < 1.29 is 9.47 Å². The second-order valence-corrected chi connectivity index (χ2v) is 3.93. The average Bonchev–Trinajstić information content (AvgIpc) is 2.34. The van der Waals surface area contributed by atoms with Crippen LogP contribution < -0.4 is 10.5 Å². The van der Waals surface area contributed by atoms with Gasteiger partial charge in [0.25, 0.3) is 0 Å². The molecule has 2 N–H and O–H groups in total. The maximum atomic E-state index is 5.80. The van der Waals surface area contributed by atoms with Gasteiger partial charge >= 0.3 is 0 Å². The molecule has 96 valence electrons. The summed E-state index contributed by atoms with van der Waals surface area (Å²) in [5.74, 6) is 0.884. The number of benzene rings is 1. The minimum absolute atomic E-state index is 0.735. The van der Waals surface area contributed by atoms with Crippen molar-refractivity contribution >= 4 is 5.69 Å². The fourth-order valence-corrected chi connectivity index (χ4v) is 1.73. The van der Waals surface area contributed by atoms with Crippen LogP contribution in [0.3, 0.4) is 0 Å². The zero-order valence-electron chi connectivity index (χ0n) is 10.9. The molecule has 0 saturated carbocycles. The molecule has 1 aromatic rings. The van der Waals surface area contributed by atoms with Crippen molar-refractivity contribution in [1.82, 2.24) is 4.90 Å². The van der Waals surface area contributed by atoms with Gasteiger partial charge in [-0.25, -0.2) is 0 Å². The number of ether oxygens (including phenoxy) is 2. The minimum Gasteiger partial charge on any atom is -0.496 e. The minimum atomic E-state index is 0.735. The highest BCUT2D eigenvalue weighted by atomic mass is 16.5. The number of hydrogen-bond donors (Lipinski definition) is 1. The van der Waals surface area contributed by atoms with Crippen LogP contribution in [0.15, 0.2) is 18.2 Å². The number of hydrogen-bond acceptors (Lipinski definition) is 4. The summed E-state index contributed by atoms with van der Waals surface area (Å²) in [5, 5.41) is 0. The van der Waals surface area contributed by atoms with Gasteiger partial charge in [0.1, 0.15) is 5.75 Å². The lowest BCUT2D eigenvalue weighted by atomic mass is 10.1. The van der Waals surface area contributed by atoms with Crippen LogP contribution in [0.25, 0.3) is 0 Å². The Bertz CT molecular complexity index is 342. The van der Waals surface area contributed by atoms with Crippen molar-refractivity contribution in [3.8, 4) is 5.75 Å². The SMILES string of the molecule is CCN(CCOC)Cc1cc(N)ccc1OC. The van der Waals surface area contributed by atoms with Crippen molar-refractivity contribution in [3.05, 3.63) is 23.8 Å². The van der Waals surface area contributed by atoms with E-state index in [1.165, 1.54) is 0 Å². The van der Waals surface area contributed by atoms with Gasteiger partial charge in [-0.05, 0) is 24.7 Å². The van der Waals surface area contributed by atoms with Gasteiger partial charge in [-0.2, -0.15) is 0 Å². The van der Waals surface area contributed by atoms with Crippen LogP contribution in [-0.4, -0.2) is 38.8 Å². The molecule has 0 atom stereocenters. The normalized spacial score (nSPS) is 10.8. The monoisotopic (exact) mass is 238 g/mol. The van der Waals surface area contributed by atoms with Gasteiger partial charge in [-0.1, -0.05) is 6.92 Å². The molecule has 0 aliphatic carbocycles. The van der Waals surface area contributed by atoms with E-state index in [9.17, 15) is 0 Å². The predicted molar refractivity (Wildman–Crippen MR) is 70.2 cm³/mol. The highest BCUT2D eigenvalue weighted by Gasteiger charge is 2.08. The standard InChI is InChI=1S/C13H22N2O2/c1-4-15(7-8-16-2)10-11-9-12(14)5-6-13(11)17-3/h5-6,9H,4,7-8,10,14H2,1-3H3. The molecule has 1 aromatic carbocycles. The molecule has 0 aliphatic heterocycles. The number of nitrogens with zero attached hydrogens (tertiary/aromatic N) is 1. The second-order valence-electron chi connectivity index (χ2n) is 3.93. The quantitative estimate of drug-likeness (QED) is 0.735. The van der Waals surface area contributed by atoms with Gasteiger partial charge in [0.05, 0.1) is 13.7 Å². The number of nitrogen functional groups attached to an aromatic ring is 1. The van der Waals surface area contributed by atoms with E-state index < -0.39 is 0 Å². The molecule has 0 bridgehead atoms. The van der Waals surface area contributed by atoms with E-state index in [1.807, 2.05) is 18.2 Å². The first kappa shape index (κ1) is 13.8. The van der Waals surface area contributed by atoms with Gasteiger partial charge < -0.3 is 15.2 Å². The van der Waals surface area contributed by atoms with E-state index in [2.05, 4.69) is 11.8 Å². The smallest absolute Gasteiger partial charge is 0.123 e. The Balaban J connectivity index is 2.73. The third-order valence-electron chi connectivity index (χ3n) is 2.76. The molecule has 0 spiro atoms. The molecule has 0 saturated heterocycles. The van der Waals surface area contributed by atoms with Crippen LogP contribution >= 0.6 is 0 Å². The van der Waals surface area contributed by atoms with Gasteiger partial charge in [-0.15, -0.1) is 0 Å². The molecule has 0 aliphatic rings. The van der Waals surface area contributed by atoms with Crippen molar-refractivity contribution in [2.45, 2.75) is 13.5 Å². The van der Waals surface area contributed by atoms with Gasteiger partial charge in [-0.3, -0.25) is 4.90 Å². The Morgan fingerprint density at radius 1 is 1.29 bits per heavy atom. The summed E-state index contributed by atoms with van der Waals surface area (Å²) in [6, 6.07) is 5.73. The topological polar surface area (TPSA) is 47.7 Å². The van der Waals surface area contributed by atoms with Crippen LogP contribution in [-0.2, 0) is 11.3 Å². The Morgan fingerprint density at radius 3 is 2.65 bits per heavy atom. The maximum absolute atomic E-state index is 5.80. The molecule has 0 amide bonds. The first-order valence-corrected chi connectivity index (χ1v) is 5.85. The second kappa shape index (κ2) is 7.14. The Hall–Kier alpha value is -1.26. The maximum Gasteiger partial charge on any atom is 0.123 e. The zero-order chi connectivity index (χ0) is 12.7. The number of likely N-dealkylation sites (N-methyl/N-ethyl adjacent to an activating group) is 1. The fourth-order valence-electron chi connectivity index (χ4n) is 1.73. The van der Waals surface area contributed by atoms with Crippen molar-refractivity contribution in [2.24, 2.45) is 0 Å². The average molecular weight is 238 g/mol. The van der Waals surface area contributed by atoms with E-state index in [-0.39, 0.29) is 0 Å². The molecule has 0 unspecified atom stereocenters. The molecule has 0 heterocycles. The van der Waals surface area contributed by atoms with Crippen molar-refractivity contribution in [3.63, 3.8) is 0 Å². The summed E-state index contributed by atoms with van der Waals surface area (Å²) in [6.07, 6.45) is 0. The summed E-state index contributed by atoms with van der Waals surface area (Å²) in [7, 11) is 3.40. The molecule has 17 heavy (non-hydrogen) atoms. The molecular formula is C13H22N2O2. The summed E-state index contributed by atoms with van der Waals surface area (Å²) >= 11 is 0. The van der Waals surface area contributed by atoms with Crippen LogP contribution in [0.5, 0.6) is 5.75 Å². The highest BCUT2D eigenvalue weighted by molar-refractivity contribution is 5.47. The van der Waals surface area contributed by atoms with Gasteiger partial charge in [0, 0.05) is 31.5 Å². The summed E-state index contributed by atoms with van der Waals surface area (Å²) in [6.45, 7) is 5.58. The lowest BCUT2D eigenvalue weighted by Crippen LogP contribution is -2.26. The first-order chi connectivity index (χ1) is 8.21. The number of methoxy groups -OCH3 is 2. The molecule has 1 rings (SSSR count). The largest absolute Gasteiger partial charge is 0.496 e. The molecule has 4 heteroatoms. The fraction of sp³-hybridized carbons (Fsp3) is 0.538. The molecular weight excluding hydrogens is 216 g/mol. The molecule has 0 radical (unpaired) electrons. The lowest BCUT2D eigenvalue weighted by Gasteiger charge is -2.21. The molecule has 0 aromatic heterocycles. The number of nitrogens with two attached hydrogens (primary N) is 1. The molecule has 4 nitrogen and oxygen atoms in total.